The summed E-state index contributed by atoms with van der Waals surface area (Å²) in [4.78, 5) is 24.5. The summed E-state index contributed by atoms with van der Waals surface area (Å²) < 4.78 is 82.7. The van der Waals surface area contributed by atoms with E-state index in [9.17, 15) is 31.9 Å². The van der Waals surface area contributed by atoms with Crippen molar-refractivity contribution >= 4 is 34.5 Å². The van der Waals surface area contributed by atoms with E-state index >= 15 is 0 Å². The van der Waals surface area contributed by atoms with E-state index in [4.69, 9.17) is 9.15 Å². The summed E-state index contributed by atoms with van der Waals surface area (Å²) in [7, 11) is 0. The minimum atomic E-state index is -5.26. The Morgan fingerprint density at radius 2 is 1.87 bits per heavy atom. The normalized spacial score (nSPS) is 20.7. The molecule has 2 aromatic heterocycles. The Balaban J connectivity index is 1.58. The van der Waals surface area contributed by atoms with Crippen LogP contribution < -0.4 is 9.64 Å². The highest BCUT2D eigenvalue weighted by Crippen LogP contribution is 2.45. The van der Waals surface area contributed by atoms with Gasteiger partial charge in [0.1, 0.15) is 16.7 Å². The van der Waals surface area contributed by atoms with E-state index in [1.165, 1.54) is 6.20 Å². The topological polar surface area (TPSA) is 101 Å². The molecule has 15 heteroatoms. The largest absolute Gasteiger partial charge is 0.573 e. The quantitative estimate of drug-likeness (QED) is 0.384. The first-order valence-corrected chi connectivity index (χ1v) is 13.0. The Labute approximate surface area is 223 Å². The third kappa shape index (κ3) is 5.46. The standard InChI is InChI=1S/C24H25F5N4O5S/c1-23(2,3)38-22(35)33-11-4-5-12(33)10-32(9-11)21-31-15-17(36-21)14(20-30-6-7-39-20)8-13(16(34)19(25)26)18(15)37-24(27,28)29/h6-8,11-12,16,19,34H,4-5,9-10H2,1-3H3. The third-order valence-electron chi connectivity index (χ3n) is 6.43. The minimum Gasteiger partial charge on any atom is -0.444 e. The maximum Gasteiger partial charge on any atom is 0.573 e. The van der Waals surface area contributed by atoms with Crippen molar-refractivity contribution in [2.75, 3.05) is 18.0 Å². The summed E-state index contributed by atoms with van der Waals surface area (Å²) >= 11 is 1.10. The zero-order chi connectivity index (χ0) is 28.3. The average Bonchev–Trinajstić information content (AvgIpc) is 3.55. The molecule has 4 heterocycles. The van der Waals surface area contributed by atoms with Crippen LogP contribution >= 0.6 is 11.3 Å². The summed E-state index contributed by atoms with van der Waals surface area (Å²) in [6, 6.07) is 0.376. The van der Waals surface area contributed by atoms with Crippen LogP contribution in [0.3, 0.4) is 0 Å². The average molecular weight is 577 g/mol. The predicted molar refractivity (Wildman–Crippen MR) is 130 cm³/mol. The zero-order valence-corrected chi connectivity index (χ0v) is 21.9. The van der Waals surface area contributed by atoms with E-state index < -0.39 is 47.4 Å². The van der Waals surface area contributed by atoms with Crippen LogP contribution in [0.4, 0.5) is 32.8 Å². The van der Waals surface area contributed by atoms with Crippen LogP contribution in [0.2, 0.25) is 0 Å². The molecule has 3 aromatic rings. The fourth-order valence-corrected chi connectivity index (χ4v) is 5.62. The molecule has 1 N–H and O–H groups in total. The number of aromatic nitrogens is 2. The number of ether oxygens (including phenoxy) is 2. The number of fused-ring (bicyclic) bond motifs is 3. The van der Waals surface area contributed by atoms with Crippen LogP contribution in [-0.2, 0) is 4.74 Å². The minimum absolute atomic E-state index is 0.0701. The maximum atomic E-state index is 13.5. The van der Waals surface area contributed by atoms with Gasteiger partial charge in [0.05, 0.1) is 17.6 Å². The molecule has 0 radical (unpaired) electrons. The number of carbonyl (C=O) groups excluding carboxylic acids is 1. The first-order valence-electron chi connectivity index (χ1n) is 12.1. The van der Waals surface area contributed by atoms with Gasteiger partial charge in [0.15, 0.2) is 16.8 Å². The van der Waals surface area contributed by atoms with E-state index in [0.29, 0.717) is 12.8 Å². The number of hydrogen-bond acceptors (Lipinski definition) is 9. The van der Waals surface area contributed by atoms with Gasteiger partial charge in [-0.1, -0.05) is 0 Å². The number of carbonyl (C=O) groups is 1. The van der Waals surface area contributed by atoms with E-state index in [-0.39, 0.29) is 47.3 Å². The number of halogens is 5. The lowest BCUT2D eigenvalue weighted by Crippen LogP contribution is -2.56. The molecule has 0 aliphatic carbocycles. The molecule has 212 valence electrons. The van der Waals surface area contributed by atoms with Gasteiger partial charge >= 0.3 is 12.5 Å². The number of rotatable bonds is 5. The number of benzene rings is 1. The van der Waals surface area contributed by atoms with E-state index in [2.05, 4.69) is 14.7 Å². The molecule has 2 bridgehead atoms. The van der Waals surface area contributed by atoms with Gasteiger partial charge in [-0.3, -0.25) is 4.90 Å². The molecular weight excluding hydrogens is 551 g/mol. The summed E-state index contributed by atoms with van der Waals surface area (Å²) in [6.45, 7) is 5.82. The van der Waals surface area contributed by atoms with Gasteiger partial charge in [0, 0.05) is 30.2 Å². The Kier molecular flexibility index (Phi) is 6.85. The maximum absolute atomic E-state index is 13.5. The van der Waals surface area contributed by atoms with Crippen LogP contribution in [0.25, 0.3) is 21.7 Å². The SMILES string of the molecule is CC(C)(C)OC(=O)N1C2CCC1CN(c1nc3c(OC(F)(F)F)c(C(O)C(F)F)cc(-c4nccs4)c3o1)C2. The highest BCUT2D eigenvalue weighted by Gasteiger charge is 2.46. The highest BCUT2D eigenvalue weighted by atomic mass is 32.1. The van der Waals surface area contributed by atoms with Crippen molar-refractivity contribution < 1.29 is 45.7 Å². The van der Waals surface area contributed by atoms with Gasteiger partial charge in [-0.2, -0.15) is 4.98 Å². The Bertz CT molecular complexity index is 1340. The lowest BCUT2D eigenvalue weighted by molar-refractivity contribution is -0.274. The van der Waals surface area contributed by atoms with Crippen molar-refractivity contribution in [1.29, 1.82) is 0 Å². The summed E-state index contributed by atoms with van der Waals surface area (Å²) in [6.07, 6.45) is -8.91. The number of thiazole rings is 1. The summed E-state index contributed by atoms with van der Waals surface area (Å²) in [5.41, 5.74) is -2.04. The number of hydrogen-bond donors (Lipinski definition) is 1. The smallest absolute Gasteiger partial charge is 0.444 e. The molecule has 3 atom stereocenters. The lowest BCUT2D eigenvalue weighted by atomic mass is 10.0. The van der Waals surface area contributed by atoms with Crippen LogP contribution in [0.15, 0.2) is 22.1 Å². The number of piperazine rings is 1. The predicted octanol–water partition coefficient (Wildman–Crippen LogP) is 5.74. The number of amides is 1. The van der Waals surface area contributed by atoms with Crippen LogP contribution in [0.5, 0.6) is 5.75 Å². The van der Waals surface area contributed by atoms with Crippen molar-refractivity contribution in [3.63, 3.8) is 0 Å². The van der Waals surface area contributed by atoms with E-state index in [1.54, 1.807) is 36.0 Å². The fraction of sp³-hybridized carbons (Fsp3) is 0.542. The van der Waals surface area contributed by atoms with Crippen molar-refractivity contribution in [1.82, 2.24) is 14.9 Å². The van der Waals surface area contributed by atoms with Crippen molar-refractivity contribution in [3.8, 4) is 16.3 Å². The molecule has 2 aliphatic heterocycles. The highest BCUT2D eigenvalue weighted by molar-refractivity contribution is 7.13. The molecule has 1 aromatic carbocycles. The molecule has 3 unspecified atom stereocenters. The van der Waals surface area contributed by atoms with E-state index in [0.717, 1.165) is 17.4 Å². The monoisotopic (exact) mass is 576 g/mol. The number of aliphatic hydroxyl groups is 1. The second-order valence-electron chi connectivity index (χ2n) is 10.4. The van der Waals surface area contributed by atoms with Gasteiger partial charge in [0.25, 0.3) is 12.4 Å². The van der Waals surface area contributed by atoms with Crippen LogP contribution in [0.1, 0.15) is 45.3 Å². The molecule has 0 saturated carbocycles. The number of nitrogens with zero attached hydrogens (tertiary/aromatic N) is 4. The molecule has 9 nitrogen and oxygen atoms in total. The molecule has 2 aliphatic rings. The number of anilines is 1. The zero-order valence-electron chi connectivity index (χ0n) is 21.0. The van der Waals surface area contributed by atoms with Gasteiger partial charge in [-0.15, -0.1) is 24.5 Å². The van der Waals surface area contributed by atoms with Crippen LogP contribution in [0, 0.1) is 0 Å². The third-order valence-corrected chi connectivity index (χ3v) is 7.24. The van der Waals surface area contributed by atoms with Gasteiger partial charge in [-0.25, -0.2) is 18.6 Å². The molecule has 39 heavy (non-hydrogen) atoms. The Morgan fingerprint density at radius 1 is 1.21 bits per heavy atom. The van der Waals surface area contributed by atoms with Crippen molar-refractivity contribution in [2.24, 2.45) is 0 Å². The summed E-state index contributed by atoms with van der Waals surface area (Å²) in [5, 5.41) is 12.0. The Hall–Kier alpha value is -3.20. The number of oxazole rings is 1. The fourth-order valence-electron chi connectivity index (χ4n) is 4.97. The molecule has 1 amide bonds. The van der Waals surface area contributed by atoms with Crippen molar-refractivity contribution in [3.05, 3.63) is 23.2 Å². The molecule has 2 fully saturated rings. The Morgan fingerprint density at radius 3 is 2.41 bits per heavy atom. The first-order chi connectivity index (χ1) is 18.2. The lowest BCUT2D eigenvalue weighted by Gasteiger charge is -2.40. The summed E-state index contributed by atoms with van der Waals surface area (Å²) in [5.74, 6) is -1.07. The van der Waals surface area contributed by atoms with Gasteiger partial charge in [0.2, 0.25) is 0 Å². The van der Waals surface area contributed by atoms with Crippen LogP contribution in [-0.4, -0.2) is 69.6 Å². The second kappa shape index (κ2) is 9.77. The molecular formula is C24H25F5N4O5S. The van der Waals surface area contributed by atoms with Gasteiger partial charge in [-0.05, 0) is 39.7 Å². The van der Waals surface area contributed by atoms with Gasteiger partial charge < -0.3 is 23.9 Å². The number of aliphatic hydroxyl groups excluding tert-OH is 1. The van der Waals surface area contributed by atoms with Crippen molar-refractivity contribution in [2.45, 2.75) is 70.2 Å². The van der Waals surface area contributed by atoms with E-state index in [1.807, 2.05) is 0 Å². The number of alkyl halides is 5. The molecule has 5 rings (SSSR count). The first kappa shape index (κ1) is 27.4. The molecule has 2 saturated heterocycles. The second-order valence-corrected chi connectivity index (χ2v) is 11.3. The molecule has 0 spiro atoms.